The molecule has 3 nitrogen and oxygen atoms in total. The van der Waals surface area contributed by atoms with Crippen molar-refractivity contribution in [2.75, 3.05) is 13.7 Å². The van der Waals surface area contributed by atoms with Gasteiger partial charge >= 0.3 is 5.97 Å². The smallest absolute Gasteiger partial charge is 0.309 e. The molecule has 3 rings (SSSR count). The lowest BCUT2D eigenvalue weighted by molar-refractivity contribution is -0.145. The van der Waals surface area contributed by atoms with E-state index in [9.17, 15) is 4.79 Å². The fraction of sp³-hybridized carbons (Fsp3) is 0.632. The minimum atomic E-state index is -0.116. The zero-order chi connectivity index (χ0) is 15.7. The van der Waals surface area contributed by atoms with Gasteiger partial charge in [0.25, 0.3) is 0 Å². The summed E-state index contributed by atoms with van der Waals surface area (Å²) in [6, 6.07) is 8.30. The predicted octanol–water partition coefficient (Wildman–Crippen LogP) is 4.02. The second-order valence-corrected chi connectivity index (χ2v) is 7.03. The molecule has 0 amide bonds. The Balaban J connectivity index is 1.71. The molecule has 0 N–H and O–H groups in total. The van der Waals surface area contributed by atoms with Crippen molar-refractivity contribution < 1.29 is 14.3 Å². The molecule has 0 heterocycles. The summed E-state index contributed by atoms with van der Waals surface area (Å²) in [5.41, 5.74) is 1.21. The first kappa shape index (κ1) is 15.4. The Morgan fingerprint density at radius 1 is 1.36 bits per heavy atom. The standard InChI is InChI=1S/C19H26O3/c1-12-9-16(12)11-22-17-6-4-5-15(10-17)18(14-7-8-14)13(2)19(20)21-3/h4-6,10,12-14,16,18H,7-9,11H2,1-3H3/t12-,13+,16+,18+/m1/s1. The molecule has 120 valence electrons. The van der Waals surface area contributed by atoms with Crippen LogP contribution in [0.25, 0.3) is 0 Å². The van der Waals surface area contributed by atoms with Crippen molar-refractivity contribution in [2.45, 2.75) is 39.0 Å². The first-order chi connectivity index (χ1) is 10.6. The van der Waals surface area contributed by atoms with Crippen LogP contribution in [0.15, 0.2) is 24.3 Å². The molecule has 2 aliphatic carbocycles. The fourth-order valence-corrected chi connectivity index (χ4v) is 3.40. The SMILES string of the molecule is COC(=O)[C@@H](C)[C@H](c1cccc(OC[C@@H]2C[C@H]2C)c1)C1CC1. The summed E-state index contributed by atoms with van der Waals surface area (Å²) in [5.74, 6) is 3.09. The fourth-order valence-electron chi connectivity index (χ4n) is 3.40. The van der Waals surface area contributed by atoms with Gasteiger partial charge in [0, 0.05) is 0 Å². The van der Waals surface area contributed by atoms with E-state index in [0.717, 1.165) is 24.2 Å². The topological polar surface area (TPSA) is 35.5 Å². The van der Waals surface area contributed by atoms with Gasteiger partial charge in [-0.15, -0.1) is 0 Å². The van der Waals surface area contributed by atoms with Crippen molar-refractivity contribution in [3.63, 3.8) is 0 Å². The van der Waals surface area contributed by atoms with Gasteiger partial charge in [-0.05, 0) is 60.6 Å². The zero-order valence-electron chi connectivity index (χ0n) is 13.7. The van der Waals surface area contributed by atoms with E-state index in [2.05, 4.69) is 19.1 Å². The predicted molar refractivity (Wildman–Crippen MR) is 85.9 cm³/mol. The molecule has 0 radical (unpaired) electrons. The van der Waals surface area contributed by atoms with E-state index >= 15 is 0 Å². The molecule has 0 unspecified atom stereocenters. The number of ether oxygens (including phenoxy) is 2. The third-order valence-electron chi connectivity index (χ3n) is 5.22. The number of carbonyl (C=O) groups is 1. The van der Waals surface area contributed by atoms with E-state index in [0.29, 0.717) is 5.92 Å². The average Bonchev–Trinajstić information content (AvgIpc) is 3.44. The van der Waals surface area contributed by atoms with Crippen molar-refractivity contribution in [3.8, 4) is 5.75 Å². The van der Waals surface area contributed by atoms with Crippen molar-refractivity contribution in [2.24, 2.45) is 23.7 Å². The third kappa shape index (κ3) is 3.45. The summed E-state index contributed by atoms with van der Waals surface area (Å²) >= 11 is 0. The highest BCUT2D eigenvalue weighted by Gasteiger charge is 2.39. The van der Waals surface area contributed by atoms with Gasteiger partial charge in [0.2, 0.25) is 0 Å². The van der Waals surface area contributed by atoms with Crippen LogP contribution in [-0.4, -0.2) is 19.7 Å². The largest absolute Gasteiger partial charge is 0.493 e. The van der Waals surface area contributed by atoms with E-state index in [4.69, 9.17) is 9.47 Å². The summed E-state index contributed by atoms with van der Waals surface area (Å²) in [6.45, 7) is 5.06. The van der Waals surface area contributed by atoms with Crippen LogP contribution in [0.2, 0.25) is 0 Å². The normalized spacial score (nSPS) is 26.1. The third-order valence-corrected chi connectivity index (χ3v) is 5.22. The summed E-state index contributed by atoms with van der Waals surface area (Å²) in [6.07, 6.45) is 3.69. The number of hydrogen-bond acceptors (Lipinski definition) is 3. The number of carbonyl (C=O) groups excluding carboxylic acids is 1. The molecule has 0 saturated heterocycles. The number of rotatable bonds is 7. The summed E-state index contributed by atoms with van der Waals surface area (Å²) in [7, 11) is 1.47. The molecule has 2 saturated carbocycles. The molecule has 0 aromatic heterocycles. The molecule has 22 heavy (non-hydrogen) atoms. The highest BCUT2D eigenvalue weighted by Crippen LogP contribution is 2.47. The van der Waals surface area contributed by atoms with E-state index in [1.54, 1.807) is 0 Å². The quantitative estimate of drug-likeness (QED) is 0.714. The van der Waals surface area contributed by atoms with Crippen LogP contribution in [0.5, 0.6) is 5.75 Å². The Labute approximate surface area is 133 Å². The monoisotopic (exact) mass is 302 g/mol. The van der Waals surface area contributed by atoms with Gasteiger partial charge in [0.05, 0.1) is 19.6 Å². The van der Waals surface area contributed by atoms with Crippen molar-refractivity contribution in [1.29, 1.82) is 0 Å². The van der Waals surface area contributed by atoms with Crippen LogP contribution in [-0.2, 0) is 9.53 Å². The van der Waals surface area contributed by atoms with E-state index < -0.39 is 0 Å². The van der Waals surface area contributed by atoms with Crippen LogP contribution in [0, 0.1) is 23.7 Å². The minimum absolute atomic E-state index is 0.101. The first-order valence-electron chi connectivity index (χ1n) is 8.40. The Bertz CT molecular complexity index is 535. The van der Waals surface area contributed by atoms with Gasteiger partial charge in [-0.2, -0.15) is 0 Å². The van der Waals surface area contributed by atoms with Gasteiger partial charge in [0.1, 0.15) is 5.75 Å². The molecule has 1 aromatic rings. The molecule has 2 fully saturated rings. The summed E-state index contributed by atoms with van der Waals surface area (Å²) in [5, 5.41) is 0. The van der Waals surface area contributed by atoms with Crippen LogP contribution in [0.3, 0.4) is 0 Å². The van der Waals surface area contributed by atoms with Gasteiger partial charge in [-0.1, -0.05) is 26.0 Å². The summed E-state index contributed by atoms with van der Waals surface area (Å²) < 4.78 is 10.9. The van der Waals surface area contributed by atoms with Crippen molar-refractivity contribution in [1.82, 2.24) is 0 Å². The van der Waals surface area contributed by atoms with Crippen LogP contribution in [0.4, 0.5) is 0 Å². The molecule has 3 heteroatoms. The molecular formula is C19H26O3. The van der Waals surface area contributed by atoms with E-state index in [1.165, 1.54) is 31.9 Å². The Hall–Kier alpha value is -1.51. The minimum Gasteiger partial charge on any atom is -0.493 e. The maximum absolute atomic E-state index is 11.9. The second-order valence-electron chi connectivity index (χ2n) is 7.03. The van der Waals surface area contributed by atoms with Gasteiger partial charge in [0.15, 0.2) is 0 Å². The van der Waals surface area contributed by atoms with Crippen molar-refractivity contribution >= 4 is 5.97 Å². The highest BCUT2D eigenvalue weighted by molar-refractivity contribution is 5.73. The lowest BCUT2D eigenvalue weighted by Crippen LogP contribution is -2.22. The lowest BCUT2D eigenvalue weighted by atomic mass is 9.83. The Morgan fingerprint density at radius 2 is 2.09 bits per heavy atom. The molecule has 0 bridgehead atoms. The molecule has 0 aliphatic heterocycles. The number of benzene rings is 1. The van der Waals surface area contributed by atoms with Crippen LogP contribution >= 0.6 is 0 Å². The number of methoxy groups -OCH3 is 1. The highest BCUT2D eigenvalue weighted by atomic mass is 16.5. The maximum Gasteiger partial charge on any atom is 0.309 e. The molecule has 1 aromatic carbocycles. The van der Waals surface area contributed by atoms with Gasteiger partial charge in [-0.25, -0.2) is 0 Å². The molecule has 4 atom stereocenters. The maximum atomic E-state index is 11.9. The number of esters is 1. The van der Waals surface area contributed by atoms with E-state index in [-0.39, 0.29) is 17.8 Å². The average molecular weight is 302 g/mol. The zero-order valence-corrected chi connectivity index (χ0v) is 13.7. The lowest BCUT2D eigenvalue weighted by Gasteiger charge is -2.23. The van der Waals surface area contributed by atoms with Crippen LogP contribution < -0.4 is 4.74 Å². The van der Waals surface area contributed by atoms with Gasteiger partial charge < -0.3 is 9.47 Å². The molecule has 0 spiro atoms. The Kier molecular flexibility index (Phi) is 4.42. The number of hydrogen-bond donors (Lipinski definition) is 0. The summed E-state index contributed by atoms with van der Waals surface area (Å²) in [4.78, 5) is 11.9. The first-order valence-corrected chi connectivity index (χ1v) is 8.40. The Morgan fingerprint density at radius 3 is 2.68 bits per heavy atom. The van der Waals surface area contributed by atoms with E-state index in [1.807, 2.05) is 19.1 Å². The van der Waals surface area contributed by atoms with Gasteiger partial charge in [-0.3, -0.25) is 4.79 Å². The van der Waals surface area contributed by atoms with Crippen LogP contribution in [0.1, 0.15) is 44.6 Å². The van der Waals surface area contributed by atoms with Crippen molar-refractivity contribution in [3.05, 3.63) is 29.8 Å². The molecule has 2 aliphatic rings. The molecular weight excluding hydrogens is 276 g/mol. The second kappa shape index (κ2) is 6.31.